The van der Waals surface area contributed by atoms with E-state index in [1.54, 1.807) is 7.11 Å². The van der Waals surface area contributed by atoms with E-state index in [2.05, 4.69) is 24.1 Å². The summed E-state index contributed by atoms with van der Waals surface area (Å²) < 4.78 is 5.33. The predicted molar refractivity (Wildman–Crippen MR) is 59.0 cm³/mol. The normalized spacial score (nSPS) is 15.3. The Labute approximate surface area is 85.5 Å². The van der Waals surface area contributed by atoms with E-state index >= 15 is 0 Å². The Kier molecular flexibility index (Phi) is 2.62. The SMILES string of the molecule is COc1ccccc1N(C)CC1CC1. The van der Waals surface area contributed by atoms with E-state index in [1.807, 2.05) is 12.1 Å². The van der Waals surface area contributed by atoms with E-state index in [4.69, 9.17) is 4.74 Å². The van der Waals surface area contributed by atoms with Crippen LogP contribution in [-0.2, 0) is 0 Å². The maximum atomic E-state index is 5.33. The van der Waals surface area contributed by atoms with Crippen LogP contribution in [0.1, 0.15) is 12.8 Å². The fourth-order valence-corrected chi connectivity index (χ4v) is 1.73. The molecule has 2 nitrogen and oxygen atoms in total. The smallest absolute Gasteiger partial charge is 0.142 e. The third-order valence-electron chi connectivity index (χ3n) is 2.73. The van der Waals surface area contributed by atoms with Gasteiger partial charge in [-0.1, -0.05) is 12.1 Å². The van der Waals surface area contributed by atoms with Crippen LogP contribution in [-0.4, -0.2) is 20.7 Å². The first-order valence-electron chi connectivity index (χ1n) is 5.15. The van der Waals surface area contributed by atoms with Gasteiger partial charge in [-0.25, -0.2) is 0 Å². The molecule has 1 aliphatic carbocycles. The topological polar surface area (TPSA) is 12.5 Å². The molecule has 0 unspecified atom stereocenters. The molecule has 1 fully saturated rings. The zero-order valence-corrected chi connectivity index (χ0v) is 8.86. The molecule has 1 aromatic carbocycles. The number of anilines is 1. The number of methoxy groups -OCH3 is 1. The Hall–Kier alpha value is -1.18. The summed E-state index contributed by atoms with van der Waals surface area (Å²) in [6.07, 6.45) is 2.78. The van der Waals surface area contributed by atoms with Crippen LogP contribution >= 0.6 is 0 Å². The maximum absolute atomic E-state index is 5.33. The second-order valence-corrected chi connectivity index (χ2v) is 4.00. The molecular formula is C12H17NO. The minimum atomic E-state index is 0.907. The maximum Gasteiger partial charge on any atom is 0.142 e. The van der Waals surface area contributed by atoms with Gasteiger partial charge >= 0.3 is 0 Å². The molecule has 0 N–H and O–H groups in total. The lowest BCUT2D eigenvalue weighted by atomic mass is 10.2. The fourth-order valence-electron chi connectivity index (χ4n) is 1.73. The van der Waals surface area contributed by atoms with Crippen LogP contribution in [0.3, 0.4) is 0 Å². The molecule has 0 radical (unpaired) electrons. The second kappa shape index (κ2) is 3.91. The third kappa shape index (κ3) is 2.00. The fraction of sp³-hybridized carbons (Fsp3) is 0.500. The largest absolute Gasteiger partial charge is 0.495 e. The summed E-state index contributed by atoms with van der Waals surface area (Å²) in [5, 5.41) is 0. The first-order chi connectivity index (χ1) is 6.81. The van der Waals surface area contributed by atoms with Crippen LogP contribution < -0.4 is 9.64 Å². The van der Waals surface area contributed by atoms with Crippen molar-refractivity contribution in [2.75, 3.05) is 25.6 Å². The van der Waals surface area contributed by atoms with Crippen LogP contribution in [0.15, 0.2) is 24.3 Å². The Bertz CT molecular complexity index is 307. The summed E-state index contributed by atoms with van der Waals surface area (Å²) in [7, 11) is 3.86. The second-order valence-electron chi connectivity index (χ2n) is 4.00. The van der Waals surface area contributed by atoms with Gasteiger partial charge in [-0.3, -0.25) is 0 Å². The van der Waals surface area contributed by atoms with Crippen LogP contribution in [0.5, 0.6) is 5.75 Å². The lowest BCUT2D eigenvalue weighted by Gasteiger charge is -2.21. The molecule has 1 aromatic rings. The number of ether oxygens (including phenoxy) is 1. The minimum absolute atomic E-state index is 0.907. The van der Waals surface area contributed by atoms with Gasteiger partial charge in [-0.05, 0) is 30.9 Å². The van der Waals surface area contributed by atoms with Gasteiger partial charge < -0.3 is 9.64 Å². The van der Waals surface area contributed by atoms with Crippen LogP contribution in [0.2, 0.25) is 0 Å². The van der Waals surface area contributed by atoms with Crippen LogP contribution in [0.25, 0.3) is 0 Å². The first-order valence-corrected chi connectivity index (χ1v) is 5.15. The van der Waals surface area contributed by atoms with Gasteiger partial charge in [-0.2, -0.15) is 0 Å². The number of nitrogens with zero attached hydrogens (tertiary/aromatic N) is 1. The highest BCUT2D eigenvalue weighted by Crippen LogP contribution is 2.33. The highest BCUT2D eigenvalue weighted by atomic mass is 16.5. The highest BCUT2D eigenvalue weighted by Gasteiger charge is 2.23. The van der Waals surface area contributed by atoms with E-state index in [0.29, 0.717) is 0 Å². The monoisotopic (exact) mass is 191 g/mol. The Balaban J connectivity index is 2.11. The minimum Gasteiger partial charge on any atom is -0.495 e. The molecule has 0 amide bonds. The summed E-state index contributed by atoms with van der Waals surface area (Å²) in [5.74, 6) is 1.88. The molecule has 14 heavy (non-hydrogen) atoms. The van der Waals surface area contributed by atoms with Crippen molar-refractivity contribution in [3.8, 4) is 5.75 Å². The molecule has 76 valence electrons. The van der Waals surface area contributed by atoms with Crippen molar-refractivity contribution in [3.05, 3.63) is 24.3 Å². The van der Waals surface area contributed by atoms with E-state index in [-0.39, 0.29) is 0 Å². The number of rotatable bonds is 4. The van der Waals surface area contributed by atoms with Crippen molar-refractivity contribution < 1.29 is 4.74 Å². The zero-order valence-electron chi connectivity index (χ0n) is 8.86. The van der Waals surface area contributed by atoms with E-state index < -0.39 is 0 Å². The predicted octanol–water partition coefficient (Wildman–Crippen LogP) is 2.54. The molecular weight excluding hydrogens is 174 g/mol. The molecule has 0 aliphatic heterocycles. The van der Waals surface area contributed by atoms with Crippen molar-refractivity contribution in [2.45, 2.75) is 12.8 Å². The van der Waals surface area contributed by atoms with E-state index in [1.165, 1.54) is 18.5 Å². The molecule has 2 heteroatoms. The average molecular weight is 191 g/mol. The van der Waals surface area contributed by atoms with Crippen molar-refractivity contribution in [2.24, 2.45) is 5.92 Å². The third-order valence-corrected chi connectivity index (χ3v) is 2.73. The van der Waals surface area contributed by atoms with E-state index in [9.17, 15) is 0 Å². The van der Waals surface area contributed by atoms with Crippen molar-refractivity contribution in [1.29, 1.82) is 0 Å². The van der Waals surface area contributed by atoms with Crippen molar-refractivity contribution in [3.63, 3.8) is 0 Å². The van der Waals surface area contributed by atoms with Gasteiger partial charge in [0.15, 0.2) is 0 Å². The number of para-hydroxylation sites is 2. The van der Waals surface area contributed by atoms with Gasteiger partial charge in [-0.15, -0.1) is 0 Å². The van der Waals surface area contributed by atoms with Gasteiger partial charge in [0.05, 0.1) is 12.8 Å². The molecule has 0 bridgehead atoms. The summed E-state index contributed by atoms with van der Waals surface area (Å²) in [6, 6.07) is 8.19. The van der Waals surface area contributed by atoms with Crippen LogP contribution in [0, 0.1) is 5.92 Å². The van der Waals surface area contributed by atoms with Crippen molar-refractivity contribution in [1.82, 2.24) is 0 Å². The van der Waals surface area contributed by atoms with Crippen molar-refractivity contribution >= 4 is 5.69 Å². The van der Waals surface area contributed by atoms with Crippen LogP contribution in [0.4, 0.5) is 5.69 Å². The molecule has 0 aromatic heterocycles. The quantitative estimate of drug-likeness (QED) is 0.725. The molecule has 1 aliphatic rings. The standard InChI is InChI=1S/C12H17NO/c1-13(9-10-7-8-10)11-5-3-4-6-12(11)14-2/h3-6,10H,7-9H2,1-2H3. The Morgan fingerprint density at radius 2 is 2.07 bits per heavy atom. The van der Waals surface area contributed by atoms with Gasteiger partial charge in [0.2, 0.25) is 0 Å². The summed E-state index contributed by atoms with van der Waals surface area (Å²) in [5.41, 5.74) is 1.20. The van der Waals surface area contributed by atoms with Gasteiger partial charge in [0, 0.05) is 13.6 Å². The van der Waals surface area contributed by atoms with E-state index in [0.717, 1.165) is 18.2 Å². The summed E-state index contributed by atoms with van der Waals surface area (Å²) >= 11 is 0. The number of hydrogen-bond acceptors (Lipinski definition) is 2. The molecule has 0 saturated heterocycles. The lowest BCUT2D eigenvalue weighted by molar-refractivity contribution is 0.414. The zero-order chi connectivity index (χ0) is 9.97. The average Bonchev–Trinajstić information content (AvgIpc) is 3.01. The number of benzene rings is 1. The van der Waals surface area contributed by atoms with Gasteiger partial charge in [0.1, 0.15) is 5.75 Å². The molecule has 0 spiro atoms. The Morgan fingerprint density at radius 1 is 1.36 bits per heavy atom. The molecule has 1 saturated carbocycles. The molecule has 2 rings (SSSR count). The Morgan fingerprint density at radius 3 is 2.71 bits per heavy atom. The number of hydrogen-bond donors (Lipinski definition) is 0. The summed E-state index contributed by atoms with van der Waals surface area (Å²) in [4.78, 5) is 2.29. The highest BCUT2D eigenvalue weighted by molar-refractivity contribution is 5.57. The van der Waals surface area contributed by atoms with Gasteiger partial charge in [0.25, 0.3) is 0 Å². The molecule has 0 atom stereocenters. The summed E-state index contributed by atoms with van der Waals surface area (Å²) in [6.45, 7) is 1.15. The first kappa shape index (κ1) is 9.38. The lowest BCUT2D eigenvalue weighted by Crippen LogP contribution is -2.20. The molecule has 0 heterocycles.